The molecule has 3 aromatic rings. The first kappa shape index (κ1) is 24.8. The lowest BCUT2D eigenvalue weighted by Crippen LogP contribution is -2.35. The van der Waals surface area contributed by atoms with E-state index in [1.807, 2.05) is 12.1 Å². The highest BCUT2D eigenvalue weighted by atomic mass is 16.5. The lowest BCUT2D eigenvalue weighted by atomic mass is 9.79. The number of aromatic nitrogens is 4. The molecule has 2 aromatic heterocycles. The van der Waals surface area contributed by atoms with Gasteiger partial charge in [0, 0.05) is 18.1 Å². The SMILES string of the molecule is CCCCC1CCC(C(=O)NCCOc2ccc3nnc(-c4ccc(OC)cc4OC)n3n2)CC1. The molecule has 188 valence electrons. The maximum Gasteiger partial charge on any atom is 0.231 e. The van der Waals surface area contributed by atoms with Crippen LogP contribution < -0.4 is 19.5 Å². The van der Waals surface area contributed by atoms with E-state index in [9.17, 15) is 4.79 Å². The molecule has 1 aliphatic carbocycles. The number of benzene rings is 1. The van der Waals surface area contributed by atoms with E-state index in [1.54, 1.807) is 36.9 Å². The number of rotatable bonds is 11. The van der Waals surface area contributed by atoms with Gasteiger partial charge in [0.25, 0.3) is 0 Å². The molecular weight excluding hydrogens is 446 g/mol. The van der Waals surface area contributed by atoms with Crippen LogP contribution >= 0.6 is 0 Å². The van der Waals surface area contributed by atoms with E-state index in [-0.39, 0.29) is 11.8 Å². The second-order valence-electron chi connectivity index (χ2n) is 9.03. The molecule has 9 nitrogen and oxygen atoms in total. The highest BCUT2D eigenvalue weighted by Gasteiger charge is 2.25. The fraction of sp³-hybridized carbons (Fsp3) is 0.538. The zero-order chi connectivity index (χ0) is 24.6. The Hall–Kier alpha value is -3.36. The summed E-state index contributed by atoms with van der Waals surface area (Å²) in [6.45, 7) is 3.01. The number of hydrogen-bond acceptors (Lipinski definition) is 7. The van der Waals surface area contributed by atoms with E-state index in [2.05, 4.69) is 27.5 Å². The van der Waals surface area contributed by atoms with Crippen molar-refractivity contribution in [2.75, 3.05) is 27.4 Å². The number of ether oxygens (including phenoxy) is 3. The molecule has 1 fully saturated rings. The second kappa shape index (κ2) is 11.9. The summed E-state index contributed by atoms with van der Waals surface area (Å²) >= 11 is 0. The largest absolute Gasteiger partial charge is 0.497 e. The molecule has 1 saturated carbocycles. The Morgan fingerprint density at radius 2 is 1.91 bits per heavy atom. The van der Waals surface area contributed by atoms with Crippen molar-refractivity contribution in [1.82, 2.24) is 25.1 Å². The molecule has 0 atom stereocenters. The third kappa shape index (κ3) is 6.01. The Morgan fingerprint density at radius 3 is 2.66 bits per heavy atom. The van der Waals surface area contributed by atoms with Crippen molar-refractivity contribution in [2.45, 2.75) is 51.9 Å². The van der Waals surface area contributed by atoms with Gasteiger partial charge in [0.05, 0.1) is 26.3 Å². The Morgan fingerprint density at radius 1 is 1.09 bits per heavy atom. The summed E-state index contributed by atoms with van der Waals surface area (Å²) in [4.78, 5) is 12.6. The first-order chi connectivity index (χ1) is 17.1. The molecule has 0 bridgehead atoms. The Bertz CT molecular complexity index is 1120. The summed E-state index contributed by atoms with van der Waals surface area (Å²) < 4.78 is 18.2. The molecule has 9 heteroatoms. The lowest BCUT2D eigenvalue weighted by molar-refractivity contribution is -0.126. The molecule has 1 aromatic carbocycles. The average Bonchev–Trinajstić information content (AvgIpc) is 3.32. The Kier molecular flexibility index (Phi) is 8.39. The van der Waals surface area contributed by atoms with Crippen LogP contribution in [0.25, 0.3) is 17.0 Å². The minimum Gasteiger partial charge on any atom is -0.497 e. The minimum absolute atomic E-state index is 0.126. The van der Waals surface area contributed by atoms with Crippen LogP contribution in [0.4, 0.5) is 0 Å². The molecule has 0 saturated heterocycles. The van der Waals surface area contributed by atoms with Gasteiger partial charge in [-0.15, -0.1) is 15.3 Å². The van der Waals surface area contributed by atoms with Gasteiger partial charge in [0.1, 0.15) is 18.1 Å². The highest BCUT2D eigenvalue weighted by molar-refractivity contribution is 5.78. The number of amides is 1. The Balaban J connectivity index is 1.32. The minimum atomic E-state index is 0.126. The van der Waals surface area contributed by atoms with Crippen molar-refractivity contribution in [1.29, 1.82) is 0 Å². The molecule has 0 aliphatic heterocycles. The van der Waals surface area contributed by atoms with Crippen LogP contribution in [0.2, 0.25) is 0 Å². The summed E-state index contributed by atoms with van der Waals surface area (Å²) in [6, 6.07) is 9.02. The number of nitrogens with zero attached hydrogens (tertiary/aromatic N) is 4. The summed E-state index contributed by atoms with van der Waals surface area (Å²) in [5, 5.41) is 16.0. The van der Waals surface area contributed by atoms with Crippen LogP contribution in [-0.2, 0) is 4.79 Å². The third-order valence-corrected chi connectivity index (χ3v) is 6.72. The fourth-order valence-electron chi connectivity index (χ4n) is 4.68. The van der Waals surface area contributed by atoms with Gasteiger partial charge >= 0.3 is 0 Å². The topological polar surface area (TPSA) is 99.9 Å². The summed E-state index contributed by atoms with van der Waals surface area (Å²) in [7, 11) is 3.20. The number of carbonyl (C=O) groups is 1. The van der Waals surface area contributed by atoms with E-state index in [0.29, 0.717) is 42.0 Å². The highest BCUT2D eigenvalue weighted by Crippen LogP contribution is 2.33. The molecule has 1 amide bonds. The van der Waals surface area contributed by atoms with Crippen LogP contribution in [-0.4, -0.2) is 53.1 Å². The molecular formula is C26H35N5O4. The summed E-state index contributed by atoms with van der Waals surface area (Å²) in [6.07, 6.45) is 8.15. The van der Waals surface area contributed by atoms with E-state index in [1.165, 1.54) is 32.1 Å². The third-order valence-electron chi connectivity index (χ3n) is 6.72. The maximum atomic E-state index is 12.6. The summed E-state index contributed by atoms with van der Waals surface area (Å²) in [5.74, 6) is 3.31. The average molecular weight is 482 g/mol. The first-order valence-corrected chi connectivity index (χ1v) is 12.5. The van der Waals surface area contributed by atoms with Gasteiger partial charge in [-0.1, -0.05) is 26.2 Å². The Labute approximate surface area is 206 Å². The van der Waals surface area contributed by atoms with Crippen LogP contribution in [0.5, 0.6) is 17.4 Å². The van der Waals surface area contributed by atoms with Gasteiger partial charge in [0.15, 0.2) is 11.5 Å². The molecule has 1 N–H and O–H groups in total. The molecule has 0 unspecified atom stereocenters. The predicted molar refractivity (Wildman–Crippen MR) is 133 cm³/mol. The monoisotopic (exact) mass is 481 g/mol. The summed E-state index contributed by atoms with van der Waals surface area (Å²) in [5.41, 5.74) is 1.33. The molecule has 4 rings (SSSR count). The van der Waals surface area contributed by atoms with E-state index in [0.717, 1.165) is 24.3 Å². The van der Waals surface area contributed by atoms with Gasteiger partial charge < -0.3 is 19.5 Å². The number of methoxy groups -OCH3 is 2. The van der Waals surface area contributed by atoms with Gasteiger partial charge in [-0.25, -0.2) is 0 Å². The number of nitrogens with one attached hydrogen (secondary N) is 1. The van der Waals surface area contributed by atoms with E-state index < -0.39 is 0 Å². The van der Waals surface area contributed by atoms with Gasteiger partial charge in [-0.05, 0) is 49.8 Å². The van der Waals surface area contributed by atoms with Crippen molar-refractivity contribution in [2.24, 2.45) is 11.8 Å². The smallest absolute Gasteiger partial charge is 0.231 e. The zero-order valence-electron chi connectivity index (χ0n) is 20.8. The molecule has 35 heavy (non-hydrogen) atoms. The van der Waals surface area contributed by atoms with Crippen LogP contribution in [0.15, 0.2) is 30.3 Å². The van der Waals surface area contributed by atoms with Crippen molar-refractivity contribution in [3.63, 3.8) is 0 Å². The predicted octanol–water partition coefficient (Wildman–Crippen LogP) is 4.30. The lowest BCUT2D eigenvalue weighted by Gasteiger charge is -2.27. The standard InChI is InChI=1S/C26H35N5O4/c1-4-5-6-18-7-9-19(10-8-18)26(32)27-15-16-35-24-14-13-23-28-29-25(31(23)30-24)21-12-11-20(33-2)17-22(21)34-3/h11-14,17-19H,4-10,15-16H2,1-3H3,(H,27,32). The van der Waals surface area contributed by atoms with E-state index in [4.69, 9.17) is 14.2 Å². The van der Waals surface area contributed by atoms with Crippen LogP contribution in [0.3, 0.4) is 0 Å². The second-order valence-corrected chi connectivity index (χ2v) is 9.03. The molecule has 1 aliphatic rings. The van der Waals surface area contributed by atoms with Crippen LogP contribution in [0.1, 0.15) is 51.9 Å². The number of fused-ring (bicyclic) bond motifs is 1. The fourth-order valence-corrected chi connectivity index (χ4v) is 4.68. The molecule has 0 spiro atoms. The van der Waals surface area contributed by atoms with Gasteiger partial charge in [-0.2, -0.15) is 4.52 Å². The van der Waals surface area contributed by atoms with Crippen molar-refractivity contribution < 1.29 is 19.0 Å². The number of hydrogen-bond donors (Lipinski definition) is 1. The van der Waals surface area contributed by atoms with Gasteiger partial charge in [0.2, 0.25) is 11.8 Å². The first-order valence-electron chi connectivity index (χ1n) is 12.5. The van der Waals surface area contributed by atoms with Crippen molar-refractivity contribution in [3.05, 3.63) is 30.3 Å². The van der Waals surface area contributed by atoms with E-state index >= 15 is 0 Å². The van der Waals surface area contributed by atoms with Crippen LogP contribution in [0, 0.1) is 11.8 Å². The number of carbonyl (C=O) groups excluding carboxylic acids is 1. The zero-order valence-corrected chi connectivity index (χ0v) is 20.8. The molecule has 0 radical (unpaired) electrons. The molecule has 2 heterocycles. The van der Waals surface area contributed by atoms with Crippen molar-refractivity contribution >= 4 is 11.6 Å². The van der Waals surface area contributed by atoms with Crippen molar-refractivity contribution in [3.8, 4) is 28.8 Å². The maximum absolute atomic E-state index is 12.6. The quantitative estimate of drug-likeness (QED) is 0.408. The number of unbranched alkanes of at least 4 members (excludes halogenated alkanes) is 1. The normalized spacial score (nSPS) is 17.8. The van der Waals surface area contributed by atoms with Gasteiger partial charge in [-0.3, -0.25) is 4.79 Å².